The van der Waals surface area contributed by atoms with E-state index in [1.54, 1.807) is 29.0 Å². The van der Waals surface area contributed by atoms with Crippen LogP contribution in [0.1, 0.15) is 76.2 Å². The number of rotatable bonds is 9. The molecular weight excluding hydrogens is 562 g/mol. The topological polar surface area (TPSA) is 108 Å². The molecule has 1 saturated heterocycles. The predicted molar refractivity (Wildman–Crippen MR) is 163 cm³/mol. The first-order valence-corrected chi connectivity index (χ1v) is 15.5. The quantitative estimate of drug-likeness (QED) is 0.195. The number of fused-ring (bicyclic) bond motifs is 1. The first-order chi connectivity index (χ1) is 21.1. The van der Waals surface area contributed by atoms with Crippen molar-refractivity contribution in [3.05, 3.63) is 71.6 Å². The summed E-state index contributed by atoms with van der Waals surface area (Å²) in [5, 5.41) is 0. The number of aromatic nitrogens is 1. The maximum absolute atomic E-state index is 13.3. The molecule has 0 bridgehead atoms. The SMILES string of the molecule is CCOC(=O)/C=C/CC[C@@H]1c2c(OC3CC4(C3)CN(C(=O)OCc3ccccc3)C4)ccnc2CCN1C(=O)OC(C)(C)C. The minimum absolute atomic E-state index is 0.00486. The lowest BCUT2D eigenvalue weighted by Crippen LogP contribution is -2.65. The van der Waals surface area contributed by atoms with E-state index in [-0.39, 0.29) is 42.3 Å². The number of hydrogen-bond donors (Lipinski definition) is 0. The van der Waals surface area contributed by atoms with Crippen molar-refractivity contribution in [2.24, 2.45) is 5.41 Å². The Hall–Kier alpha value is -4.08. The van der Waals surface area contributed by atoms with E-state index in [1.807, 2.05) is 57.2 Å². The van der Waals surface area contributed by atoms with Crippen LogP contribution in [-0.4, -0.2) is 70.9 Å². The number of benzene rings is 1. The van der Waals surface area contributed by atoms with Crippen molar-refractivity contribution in [2.45, 2.75) is 84.2 Å². The molecule has 1 spiro atoms. The zero-order valence-electron chi connectivity index (χ0n) is 26.1. The zero-order valence-corrected chi connectivity index (χ0v) is 26.1. The van der Waals surface area contributed by atoms with Gasteiger partial charge in [0.1, 0.15) is 24.1 Å². The van der Waals surface area contributed by atoms with Crippen LogP contribution in [0.25, 0.3) is 0 Å². The van der Waals surface area contributed by atoms with E-state index in [0.717, 1.165) is 35.4 Å². The van der Waals surface area contributed by atoms with E-state index in [0.29, 0.717) is 45.5 Å². The Balaban J connectivity index is 1.22. The fourth-order valence-corrected chi connectivity index (χ4v) is 6.29. The van der Waals surface area contributed by atoms with E-state index in [2.05, 4.69) is 4.98 Å². The normalized spacial score (nSPS) is 19.1. The predicted octanol–water partition coefficient (Wildman–Crippen LogP) is 6.00. The summed E-state index contributed by atoms with van der Waals surface area (Å²) in [7, 11) is 0. The van der Waals surface area contributed by atoms with Crippen molar-refractivity contribution in [2.75, 3.05) is 26.2 Å². The van der Waals surface area contributed by atoms with E-state index in [4.69, 9.17) is 18.9 Å². The van der Waals surface area contributed by atoms with Crippen molar-refractivity contribution in [1.82, 2.24) is 14.8 Å². The molecule has 1 atom stereocenters. The average molecular weight is 606 g/mol. The molecule has 0 unspecified atom stereocenters. The Morgan fingerprint density at radius 1 is 1.05 bits per heavy atom. The fourth-order valence-electron chi connectivity index (χ4n) is 6.29. The Bertz CT molecular complexity index is 1360. The molecule has 5 rings (SSSR count). The van der Waals surface area contributed by atoms with Gasteiger partial charge < -0.3 is 28.7 Å². The van der Waals surface area contributed by atoms with Gasteiger partial charge in [0.05, 0.1) is 18.3 Å². The maximum atomic E-state index is 13.3. The third kappa shape index (κ3) is 7.52. The molecule has 1 aromatic carbocycles. The second-order valence-electron chi connectivity index (χ2n) is 12.9. The summed E-state index contributed by atoms with van der Waals surface area (Å²) >= 11 is 0. The number of nitrogens with zero attached hydrogens (tertiary/aromatic N) is 3. The van der Waals surface area contributed by atoms with Crippen LogP contribution in [0.15, 0.2) is 54.7 Å². The number of carbonyl (C=O) groups is 3. The number of likely N-dealkylation sites (tertiary alicyclic amines) is 1. The van der Waals surface area contributed by atoms with Gasteiger partial charge in [-0.15, -0.1) is 0 Å². The fraction of sp³-hybridized carbons (Fsp3) is 0.529. The largest absolute Gasteiger partial charge is 0.490 e. The van der Waals surface area contributed by atoms with E-state index < -0.39 is 5.60 Å². The highest BCUT2D eigenvalue weighted by atomic mass is 16.6. The number of pyridine rings is 1. The van der Waals surface area contributed by atoms with Gasteiger partial charge in [0.2, 0.25) is 0 Å². The average Bonchev–Trinajstić information content (AvgIpc) is 2.94. The molecule has 10 nitrogen and oxygen atoms in total. The summed E-state index contributed by atoms with van der Waals surface area (Å²) in [5.41, 5.74) is 2.20. The summed E-state index contributed by atoms with van der Waals surface area (Å²) in [5.74, 6) is 0.338. The second kappa shape index (κ2) is 13.3. The number of hydrogen-bond acceptors (Lipinski definition) is 8. The molecule has 2 aromatic rings. The molecule has 2 fully saturated rings. The summed E-state index contributed by atoms with van der Waals surface area (Å²) in [4.78, 5) is 45.8. The minimum Gasteiger partial charge on any atom is -0.490 e. The molecule has 3 heterocycles. The Morgan fingerprint density at radius 2 is 1.80 bits per heavy atom. The Kier molecular flexibility index (Phi) is 9.46. The zero-order chi connectivity index (χ0) is 31.3. The lowest BCUT2D eigenvalue weighted by atomic mass is 9.62. The van der Waals surface area contributed by atoms with Crippen molar-refractivity contribution in [3.8, 4) is 5.75 Å². The molecule has 44 heavy (non-hydrogen) atoms. The van der Waals surface area contributed by atoms with Crippen LogP contribution in [0.2, 0.25) is 0 Å². The van der Waals surface area contributed by atoms with Gasteiger partial charge in [0.25, 0.3) is 0 Å². The van der Waals surface area contributed by atoms with Crippen LogP contribution >= 0.6 is 0 Å². The molecule has 236 valence electrons. The molecule has 2 amide bonds. The van der Waals surface area contributed by atoms with Gasteiger partial charge in [-0.05, 0) is 65.0 Å². The first kappa shape index (κ1) is 31.3. The van der Waals surface area contributed by atoms with Crippen LogP contribution in [0.3, 0.4) is 0 Å². The van der Waals surface area contributed by atoms with E-state index >= 15 is 0 Å². The lowest BCUT2D eigenvalue weighted by molar-refractivity contribution is -0.137. The minimum atomic E-state index is -0.634. The number of carbonyl (C=O) groups excluding carboxylic acids is 3. The second-order valence-corrected chi connectivity index (χ2v) is 12.9. The molecule has 2 aliphatic heterocycles. The molecular formula is C34H43N3O7. The van der Waals surface area contributed by atoms with Crippen LogP contribution in [0.5, 0.6) is 5.75 Å². The highest BCUT2D eigenvalue weighted by Gasteiger charge is 2.55. The molecule has 0 N–H and O–H groups in total. The van der Waals surface area contributed by atoms with Gasteiger partial charge in [-0.2, -0.15) is 0 Å². The van der Waals surface area contributed by atoms with Crippen LogP contribution < -0.4 is 4.74 Å². The summed E-state index contributed by atoms with van der Waals surface area (Å²) in [6.45, 7) is 9.72. The van der Waals surface area contributed by atoms with Gasteiger partial charge in [0, 0.05) is 49.3 Å². The van der Waals surface area contributed by atoms with Crippen LogP contribution in [-0.2, 0) is 32.0 Å². The molecule has 10 heteroatoms. The van der Waals surface area contributed by atoms with Gasteiger partial charge in [-0.3, -0.25) is 4.98 Å². The van der Waals surface area contributed by atoms with Crippen molar-refractivity contribution in [1.29, 1.82) is 0 Å². The van der Waals surface area contributed by atoms with Crippen molar-refractivity contribution < 1.29 is 33.3 Å². The number of allylic oxidation sites excluding steroid dienone is 1. The number of amides is 2. The monoisotopic (exact) mass is 605 g/mol. The summed E-state index contributed by atoms with van der Waals surface area (Å²) in [6.07, 6.45) is 7.71. The molecule has 1 aromatic heterocycles. The molecule has 0 radical (unpaired) electrons. The van der Waals surface area contributed by atoms with Crippen LogP contribution in [0.4, 0.5) is 9.59 Å². The van der Waals surface area contributed by atoms with E-state index in [1.165, 1.54) is 6.08 Å². The third-order valence-corrected chi connectivity index (χ3v) is 8.24. The summed E-state index contributed by atoms with van der Waals surface area (Å²) < 4.78 is 22.8. The Labute approximate surface area is 259 Å². The van der Waals surface area contributed by atoms with Crippen LogP contribution in [0, 0.1) is 5.41 Å². The van der Waals surface area contributed by atoms with Crippen molar-refractivity contribution in [3.63, 3.8) is 0 Å². The molecule has 3 aliphatic rings. The number of ether oxygens (including phenoxy) is 4. The van der Waals surface area contributed by atoms with E-state index in [9.17, 15) is 14.4 Å². The highest BCUT2D eigenvalue weighted by Crippen LogP contribution is 2.51. The van der Waals surface area contributed by atoms with Gasteiger partial charge in [-0.1, -0.05) is 36.4 Å². The van der Waals surface area contributed by atoms with Gasteiger partial charge >= 0.3 is 18.2 Å². The molecule has 1 saturated carbocycles. The summed E-state index contributed by atoms with van der Waals surface area (Å²) in [6, 6.07) is 11.2. The first-order valence-electron chi connectivity index (χ1n) is 15.5. The lowest BCUT2D eigenvalue weighted by Gasteiger charge is -2.57. The molecule has 1 aliphatic carbocycles. The van der Waals surface area contributed by atoms with Gasteiger partial charge in [0.15, 0.2) is 0 Å². The smallest absolute Gasteiger partial charge is 0.410 e. The standard InChI is InChI=1S/C34H43N3O7/c1-5-41-29(38)14-10-9-13-27-30-26(16-18-37(27)32(40)44-33(2,3)4)35-17-15-28(30)43-25-19-34(20-25)22-36(23-34)31(39)42-21-24-11-7-6-8-12-24/h6-8,10-12,14-15,17,25,27H,5,9,13,16,18-23H2,1-4H3/b14-10+/t27-/m1/s1. The Morgan fingerprint density at radius 3 is 2.50 bits per heavy atom. The third-order valence-electron chi connectivity index (χ3n) is 8.24. The van der Waals surface area contributed by atoms with Gasteiger partial charge in [-0.25, -0.2) is 14.4 Å². The number of esters is 1. The maximum Gasteiger partial charge on any atom is 0.410 e. The van der Waals surface area contributed by atoms with Crippen molar-refractivity contribution >= 4 is 18.2 Å². The highest BCUT2D eigenvalue weighted by molar-refractivity contribution is 5.81.